The van der Waals surface area contributed by atoms with Crippen molar-refractivity contribution in [3.63, 3.8) is 0 Å². The molecule has 16 heavy (non-hydrogen) atoms. The van der Waals surface area contributed by atoms with Crippen molar-refractivity contribution >= 4 is 0 Å². The minimum absolute atomic E-state index is 0.283. The molecule has 0 bridgehead atoms. The van der Waals surface area contributed by atoms with Crippen LogP contribution in [0.3, 0.4) is 0 Å². The number of nitrogens with zero attached hydrogens (tertiary/aromatic N) is 1. The number of piperidine rings is 1. The molecule has 1 saturated carbocycles. The van der Waals surface area contributed by atoms with Gasteiger partial charge in [0, 0.05) is 6.54 Å². The van der Waals surface area contributed by atoms with Crippen LogP contribution in [0.1, 0.15) is 58.3 Å². The van der Waals surface area contributed by atoms with Gasteiger partial charge >= 0.3 is 0 Å². The second kappa shape index (κ2) is 5.50. The lowest BCUT2D eigenvalue weighted by molar-refractivity contribution is 0.0276. The first-order chi connectivity index (χ1) is 7.72. The summed E-state index contributed by atoms with van der Waals surface area (Å²) in [5, 5.41) is 10.3. The van der Waals surface area contributed by atoms with Gasteiger partial charge in [0.2, 0.25) is 0 Å². The van der Waals surface area contributed by atoms with Crippen molar-refractivity contribution in [1.29, 1.82) is 0 Å². The van der Waals surface area contributed by atoms with Gasteiger partial charge < -0.3 is 10.0 Å². The smallest absolute Gasteiger partial charge is 0.0648 e. The molecule has 1 N–H and O–H groups in total. The standard InChI is InChI=1S/C14H27NO/c1-2-15-11-5-6-13(12-15)7-10-14(16)8-3-4-9-14/h13,16H,2-12H2,1H3. The van der Waals surface area contributed by atoms with Gasteiger partial charge in [0.25, 0.3) is 0 Å². The molecule has 2 heteroatoms. The fourth-order valence-electron chi connectivity index (χ4n) is 3.43. The highest BCUT2D eigenvalue weighted by molar-refractivity contribution is 4.85. The van der Waals surface area contributed by atoms with Crippen LogP contribution < -0.4 is 0 Å². The van der Waals surface area contributed by atoms with Gasteiger partial charge in [-0.15, -0.1) is 0 Å². The monoisotopic (exact) mass is 225 g/mol. The van der Waals surface area contributed by atoms with E-state index in [2.05, 4.69) is 11.8 Å². The molecule has 2 fully saturated rings. The van der Waals surface area contributed by atoms with Crippen molar-refractivity contribution in [1.82, 2.24) is 4.90 Å². The second-order valence-corrected chi connectivity index (χ2v) is 5.87. The fraction of sp³-hybridized carbons (Fsp3) is 1.00. The zero-order valence-electron chi connectivity index (χ0n) is 10.7. The van der Waals surface area contributed by atoms with E-state index < -0.39 is 0 Å². The maximum absolute atomic E-state index is 10.3. The molecule has 1 saturated heterocycles. The maximum Gasteiger partial charge on any atom is 0.0648 e. The zero-order chi connectivity index (χ0) is 11.4. The van der Waals surface area contributed by atoms with Gasteiger partial charge in [-0.25, -0.2) is 0 Å². The fourth-order valence-corrected chi connectivity index (χ4v) is 3.43. The lowest BCUT2D eigenvalue weighted by Crippen LogP contribution is -2.36. The molecule has 1 atom stereocenters. The van der Waals surface area contributed by atoms with Crippen LogP contribution in [0.5, 0.6) is 0 Å². The van der Waals surface area contributed by atoms with E-state index in [1.54, 1.807) is 0 Å². The summed E-state index contributed by atoms with van der Waals surface area (Å²) in [7, 11) is 0. The lowest BCUT2D eigenvalue weighted by atomic mass is 9.87. The largest absolute Gasteiger partial charge is 0.390 e. The van der Waals surface area contributed by atoms with Crippen LogP contribution in [0.25, 0.3) is 0 Å². The number of hydrogen-bond acceptors (Lipinski definition) is 2. The van der Waals surface area contributed by atoms with E-state index in [1.807, 2.05) is 0 Å². The Morgan fingerprint density at radius 2 is 2.00 bits per heavy atom. The zero-order valence-corrected chi connectivity index (χ0v) is 10.7. The van der Waals surface area contributed by atoms with Gasteiger partial charge in [0.1, 0.15) is 0 Å². The highest BCUT2D eigenvalue weighted by Gasteiger charge is 2.31. The molecule has 1 unspecified atom stereocenters. The molecule has 0 aromatic heterocycles. The number of hydrogen-bond donors (Lipinski definition) is 1. The van der Waals surface area contributed by atoms with E-state index in [4.69, 9.17) is 0 Å². The molecule has 1 aliphatic carbocycles. The van der Waals surface area contributed by atoms with Crippen LogP contribution in [-0.2, 0) is 0 Å². The summed E-state index contributed by atoms with van der Waals surface area (Å²) in [4.78, 5) is 2.56. The van der Waals surface area contributed by atoms with Crippen molar-refractivity contribution in [2.45, 2.75) is 63.9 Å². The first-order valence-corrected chi connectivity index (χ1v) is 7.16. The van der Waals surface area contributed by atoms with Crippen LogP contribution in [-0.4, -0.2) is 35.2 Å². The number of likely N-dealkylation sites (tertiary alicyclic amines) is 1. The molecule has 1 heterocycles. The van der Waals surface area contributed by atoms with E-state index in [0.29, 0.717) is 0 Å². The van der Waals surface area contributed by atoms with Crippen LogP contribution in [0.2, 0.25) is 0 Å². The summed E-state index contributed by atoms with van der Waals surface area (Å²) in [6.45, 7) is 6.01. The minimum Gasteiger partial charge on any atom is -0.390 e. The molecule has 1 aliphatic heterocycles. The Bertz CT molecular complexity index is 211. The molecule has 2 nitrogen and oxygen atoms in total. The predicted octanol–water partition coefficient (Wildman–Crippen LogP) is 2.80. The van der Waals surface area contributed by atoms with Crippen molar-refractivity contribution in [3.05, 3.63) is 0 Å². The molecular weight excluding hydrogens is 198 g/mol. The van der Waals surface area contributed by atoms with Crippen LogP contribution in [0.15, 0.2) is 0 Å². The third-order valence-electron chi connectivity index (χ3n) is 4.60. The topological polar surface area (TPSA) is 23.5 Å². The van der Waals surface area contributed by atoms with Gasteiger partial charge in [0.15, 0.2) is 0 Å². The molecular formula is C14H27NO. The Morgan fingerprint density at radius 3 is 2.69 bits per heavy atom. The first-order valence-electron chi connectivity index (χ1n) is 7.16. The Hall–Kier alpha value is -0.0800. The van der Waals surface area contributed by atoms with E-state index in [-0.39, 0.29) is 5.60 Å². The third-order valence-corrected chi connectivity index (χ3v) is 4.60. The summed E-state index contributed by atoms with van der Waals surface area (Å²) >= 11 is 0. The number of rotatable bonds is 4. The number of aliphatic hydroxyl groups is 1. The summed E-state index contributed by atoms with van der Waals surface area (Å²) in [5.74, 6) is 0.846. The molecule has 0 aromatic carbocycles. The highest BCUT2D eigenvalue weighted by Crippen LogP contribution is 2.35. The maximum atomic E-state index is 10.3. The Kier molecular flexibility index (Phi) is 4.26. The van der Waals surface area contributed by atoms with Gasteiger partial charge in [-0.3, -0.25) is 0 Å². The van der Waals surface area contributed by atoms with Gasteiger partial charge in [-0.2, -0.15) is 0 Å². The summed E-state index contributed by atoms with van der Waals surface area (Å²) < 4.78 is 0. The first kappa shape index (κ1) is 12.4. The normalized spacial score (nSPS) is 30.8. The Labute approximate surface area is 100 Å². The predicted molar refractivity (Wildman–Crippen MR) is 67.5 cm³/mol. The summed E-state index contributed by atoms with van der Waals surface area (Å²) in [6, 6.07) is 0. The highest BCUT2D eigenvalue weighted by atomic mass is 16.3. The molecule has 2 aliphatic rings. The van der Waals surface area contributed by atoms with Gasteiger partial charge in [-0.1, -0.05) is 19.8 Å². The van der Waals surface area contributed by atoms with Gasteiger partial charge in [0.05, 0.1) is 5.60 Å². The van der Waals surface area contributed by atoms with Crippen molar-refractivity contribution in [2.75, 3.05) is 19.6 Å². The summed E-state index contributed by atoms with van der Waals surface area (Å²) in [5.41, 5.74) is -0.283. The van der Waals surface area contributed by atoms with Crippen LogP contribution in [0, 0.1) is 5.92 Å². The van der Waals surface area contributed by atoms with Gasteiger partial charge in [-0.05, 0) is 57.5 Å². The molecule has 0 amide bonds. The average molecular weight is 225 g/mol. The molecule has 0 aromatic rings. The Balaban J connectivity index is 1.72. The Morgan fingerprint density at radius 1 is 1.25 bits per heavy atom. The third kappa shape index (κ3) is 3.21. The lowest BCUT2D eigenvalue weighted by Gasteiger charge is -2.33. The average Bonchev–Trinajstić information content (AvgIpc) is 2.75. The van der Waals surface area contributed by atoms with Crippen molar-refractivity contribution < 1.29 is 5.11 Å². The van der Waals surface area contributed by atoms with Crippen LogP contribution in [0.4, 0.5) is 0 Å². The van der Waals surface area contributed by atoms with E-state index in [0.717, 1.165) is 25.2 Å². The second-order valence-electron chi connectivity index (χ2n) is 5.87. The molecule has 0 radical (unpaired) electrons. The van der Waals surface area contributed by atoms with E-state index in [1.165, 1.54) is 51.7 Å². The SMILES string of the molecule is CCN1CCCC(CCC2(O)CCCC2)C1. The van der Waals surface area contributed by atoms with E-state index >= 15 is 0 Å². The quantitative estimate of drug-likeness (QED) is 0.795. The molecule has 0 spiro atoms. The van der Waals surface area contributed by atoms with Crippen molar-refractivity contribution in [2.24, 2.45) is 5.92 Å². The molecule has 94 valence electrons. The van der Waals surface area contributed by atoms with E-state index in [9.17, 15) is 5.11 Å². The summed E-state index contributed by atoms with van der Waals surface area (Å²) in [6.07, 6.45) is 9.62. The van der Waals surface area contributed by atoms with Crippen LogP contribution >= 0.6 is 0 Å². The minimum atomic E-state index is -0.283. The molecule has 2 rings (SSSR count). The van der Waals surface area contributed by atoms with Crippen molar-refractivity contribution in [3.8, 4) is 0 Å².